The van der Waals surface area contributed by atoms with E-state index < -0.39 is 0 Å². The first-order valence-corrected chi connectivity index (χ1v) is 4.17. The number of likely N-dealkylation sites (N-methyl/N-ethyl adjacent to an activating group) is 1. The molecule has 2 aliphatic rings. The summed E-state index contributed by atoms with van der Waals surface area (Å²) < 4.78 is 0. The molecule has 0 aromatic heterocycles. The van der Waals surface area contributed by atoms with E-state index in [1.807, 2.05) is 0 Å². The molecule has 0 aliphatic carbocycles. The Labute approximate surface area is 68.1 Å². The Morgan fingerprint density at radius 2 is 2.55 bits per heavy atom. The van der Waals surface area contributed by atoms with Crippen molar-refractivity contribution in [2.24, 2.45) is 0 Å². The fraction of sp³-hybridized carbons (Fsp3) is 0.600. The van der Waals surface area contributed by atoms with Crippen molar-refractivity contribution >= 4 is 0 Å². The lowest BCUT2D eigenvalue weighted by atomic mass is 9.96. The van der Waals surface area contributed by atoms with Crippen LogP contribution in [0.2, 0.25) is 0 Å². The molecule has 0 aromatic rings. The lowest BCUT2D eigenvalue weighted by Crippen LogP contribution is -2.43. The van der Waals surface area contributed by atoms with Crippen molar-refractivity contribution in [1.82, 2.24) is 4.90 Å². The summed E-state index contributed by atoms with van der Waals surface area (Å²) in [6.07, 6.45) is 13.5. The van der Waals surface area contributed by atoms with Crippen molar-refractivity contribution in [3.05, 3.63) is 12.2 Å². The lowest BCUT2D eigenvalue weighted by Gasteiger charge is -2.34. The Morgan fingerprint density at radius 3 is 3.18 bits per heavy atom. The Bertz CT molecular complexity index is 236. The van der Waals surface area contributed by atoms with Gasteiger partial charge in [0.1, 0.15) is 5.54 Å². The number of terminal acetylenes is 1. The summed E-state index contributed by atoms with van der Waals surface area (Å²) in [6, 6.07) is 0.705. The van der Waals surface area contributed by atoms with Crippen LogP contribution in [0.15, 0.2) is 12.2 Å². The van der Waals surface area contributed by atoms with Crippen LogP contribution in [0.25, 0.3) is 0 Å². The molecular weight excluding hydrogens is 134 g/mol. The number of hydrogen-bond acceptors (Lipinski definition) is 1. The highest BCUT2D eigenvalue weighted by atomic mass is 15.2. The summed E-state index contributed by atoms with van der Waals surface area (Å²) in [4.78, 5) is 2.34. The molecule has 0 amide bonds. The predicted octanol–water partition coefficient (Wildman–Crippen LogP) is 1.41. The molecule has 0 radical (unpaired) electrons. The van der Waals surface area contributed by atoms with Crippen molar-refractivity contribution in [3.63, 3.8) is 0 Å². The van der Waals surface area contributed by atoms with Gasteiger partial charge in [0.05, 0.1) is 0 Å². The van der Waals surface area contributed by atoms with Crippen LogP contribution in [0.1, 0.15) is 19.3 Å². The van der Waals surface area contributed by atoms with Crippen LogP contribution in [0.3, 0.4) is 0 Å². The SMILES string of the molecule is C#CC12C=CCC(CC1)N2C. The first-order valence-electron chi connectivity index (χ1n) is 4.17. The average Bonchev–Trinajstić information content (AvgIpc) is 2.25. The van der Waals surface area contributed by atoms with E-state index in [1.165, 1.54) is 12.8 Å². The van der Waals surface area contributed by atoms with Gasteiger partial charge in [-0.15, -0.1) is 6.42 Å². The minimum Gasteiger partial charge on any atom is -0.284 e. The van der Waals surface area contributed by atoms with Gasteiger partial charge in [-0.1, -0.05) is 18.1 Å². The summed E-state index contributed by atoms with van der Waals surface area (Å²) in [6.45, 7) is 0. The highest BCUT2D eigenvalue weighted by Gasteiger charge is 2.42. The van der Waals surface area contributed by atoms with Crippen molar-refractivity contribution < 1.29 is 0 Å². The van der Waals surface area contributed by atoms with Gasteiger partial charge in [0.15, 0.2) is 0 Å². The van der Waals surface area contributed by atoms with Crippen LogP contribution in [-0.4, -0.2) is 23.5 Å². The van der Waals surface area contributed by atoms with Gasteiger partial charge in [-0.25, -0.2) is 0 Å². The van der Waals surface area contributed by atoms with Gasteiger partial charge in [-0.3, -0.25) is 4.90 Å². The molecule has 0 spiro atoms. The van der Waals surface area contributed by atoms with Crippen molar-refractivity contribution in [2.75, 3.05) is 7.05 Å². The number of fused-ring (bicyclic) bond motifs is 2. The highest BCUT2D eigenvalue weighted by Crippen LogP contribution is 2.38. The third-order valence-corrected chi connectivity index (χ3v) is 3.09. The summed E-state index contributed by atoms with van der Waals surface area (Å²) in [7, 11) is 2.14. The quantitative estimate of drug-likeness (QED) is 0.370. The summed E-state index contributed by atoms with van der Waals surface area (Å²) >= 11 is 0. The van der Waals surface area contributed by atoms with E-state index in [0.717, 1.165) is 6.42 Å². The van der Waals surface area contributed by atoms with Gasteiger partial charge in [0, 0.05) is 6.04 Å². The molecule has 1 heteroatoms. The maximum absolute atomic E-state index is 5.52. The standard InChI is InChI=1S/C10H13N/c1-3-10-7-4-5-9(6-8-10)11(10)2/h1,4,7,9H,5-6,8H2,2H3. The lowest BCUT2D eigenvalue weighted by molar-refractivity contribution is 0.215. The first kappa shape index (κ1) is 6.94. The second-order valence-electron chi connectivity index (χ2n) is 3.51. The van der Waals surface area contributed by atoms with Gasteiger partial charge in [-0.05, 0) is 26.3 Å². The summed E-state index contributed by atoms with van der Waals surface area (Å²) in [5, 5.41) is 0. The Hall–Kier alpha value is -0.740. The van der Waals surface area contributed by atoms with E-state index in [-0.39, 0.29) is 5.54 Å². The summed E-state index contributed by atoms with van der Waals surface area (Å²) in [5.41, 5.74) is -0.0249. The third kappa shape index (κ3) is 0.765. The van der Waals surface area contributed by atoms with E-state index >= 15 is 0 Å². The molecule has 1 nitrogen and oxygen atoms in total. The monoisotopic (exact) mass is 147 g/mol. The molecule has 1 fully saturated rings. The molecule has 0 N–H and O–H groups in total. The predicted molar refractivity (Wildman–Crippen MR) is 46.1 cm³/mol. The number of rotatable bonds is 0. The minimum atomic E-state index is -0.0249. The molecule has 1 saturated heterocycles. The zero-order valence-corrected chi connectivity index (χ0v) is 6.88. The molecule has 2 atom stereocenters. The molecule has 0 aromatic carbocycles. The summed E-state index contributed by atoms with van der Waals surface area (Å²) in [5.74, 6) is 2.90. The largest absolute Gasteiger partial charge is 0.284 e. The molecule has 2 bridgehead atoms. The van der Waals surface area contributed by atoms with Crippen molar-refractivity contribution in [1.29, 1.82) is 0 Å². The van der Waals surface area contributed by atoms with Crippen LogP contribution < -0.4 is 0 Å². The molecule has 2 heterocycles. The minimum absolute atomic E-state index is 0.0249. The molecule has 11 heavy (non-hydrogen) atoms. The second-order valence-corrected chi connectivity index (χ2v) is 3.51. The van der Waals surface area contributed by atoms with E-state index in [0.29, 0.717) is 6.04 Å². The van der Waals surface area contributed by atoms with E-state index in [9.17, 15) is 0 Å². The van der Waals surface area contributed by atoms with E-state index in [1.54, 1.807) is 0 Å². The fourth-order valence-corrected chi connectivity index (χ4v) is 2.20. The number of nitrogens with zero attached hydrogens (tertiary/aromatic N) is 1. The zero-order chi connectivity index (χ0) is 7.90. The van der Waals surface area contributed by atoms with Crippen LogP contribution in [0, 0.1) is 12.3 Å². The van der Waals surface area contributed by atoms with Gasteiger partial charge in [0.25, 0.3) is 0 Å². The van der Waals surface area contributed by atoms with Gasteiger partial charge in [-0.2, -0.15) is 0 Å². The maximum atomic E-state index is 5.52. The third-order valence-electron chi connectivity index (χ3n) is 3.09. The topological polar surface area (TPSA) is 3.24 Å². The average molecular weight is 147 g/mol. The highest BCUT2D eigenvalue weighted by molar-refractivity contribution is 5.30. The van der Waals surface area contributed by atoms with Gasteiger partial charge >= 0.3 is 0 Å². The molecule has 2 aliphatic heterocycles. The van der Waals surface area contributed by atoms with Gasteiger partial charge in [0.2, 0.25) is 0 Å². The first-order chi connectivity index (χ1) is 5.28. The van der Waals surface area contributed by atoms with Crippen LogP contribution in [-0.2, 0) is 0 Å². The molecule has 58 valence electrons. The van der Waals surface area contributed by atoms with Gasteiger partial charge < -0.3 is 0 Å². The van der Waals surface area contributed by atoms with Crippen molar-refractivity contribution in [3.8, 4) is 12.3 Å². The smallest absolute Gasteiger partial charge is 0.101 e. The van der Waals surface area contributed by atoms with E-state index in [4.69, 9.17) is 6.42 Å². The molecule has 2 rings (SSSR count). The normalized spacial score (nSPS) is 42.4. The Morgan fingerprint density at radius 1 is 1.73 bits per heavy atom. The molecule has 2 unspecified atom stereocenters. The zero-order valence-electron chi connectivity index (χ0n) is 6.88. The maximum Gasteiger partial charge on any atom is 0.101 e. The fourth-order valence-electron chi connectivity index (χ4n) is 2.20. The van der Waals surface area contributed by atoms with Crippen LogP contribution >= 0.6 is 0 Å². The molecular formula is C10H13N. The number of hydrogen-bond donors (Lipinski definition) is 0. The second kappa shape index (κ2) is 2.12. The van der Waals surface area contributed by atoms with Crippen LogP contribution in [0.5, 0.6) is 0 Å². The Kier molecular flexibility index (Phi) is 1.34. The van der Waals surface area contributed by atoms with E-state index in [2.05, 4.69) is 30.0 Å². The van der Waals surface area contributed by atoms with Crippen molar-refractivity contribution in [2.45, 2.75) is 30.8 Å². The van der Waals surface area contributed by atoms with Crippen LogP contribution in [0.4, 0.5) is 0 Å². The molecule has 0 saturated carbocycles. The Balaban J connectivity index is 2.40.